The van der Waals surface area contributed by atoms with Gasteiger partial charge in [-0.1, -0.05) is 47.5 Å². The second kappa shape index (κ2) is 9.07. The zero-order valence-electron chi connectivity index (χ0n) is 21.1. The van der Waals surface area contributed by atoms with Crippen molar-refractivity contribution >= 4 is 11.6 Å². The van der Waals surface area contributed by atoms with Crippen LogP contribution in [0.5, 0.6) is 17.4 Å². The van der Waals surface area contributed by atoms with Crippen LogP contribution >= 0.6 is 0 Å². The summed E-state index contributed by atoms with van der Waals surface area (Å²) < 4.78 is 15.0. The van der Waals surface area contributed by atoms with Gasteiger partial charge in [-0.05, 0) is 57.0 Å². The third-order valence-corrected chi connectivity index (χ3v) is 6.56. The topological polar surface area (TPSA) is 74.5 Å². The third-order valence-electron chi connectivity index (χ3n) is 6.56. The predicted octanol–water partition coefficient (Wildman–Crippen LogP) is 5.22. The fourth-order valence-electron chi connectivity index (χ4n) is 4.81. The van der Waals surface area contributed by atoms with Gasteiger partial charge in [-0.3, -0.25) is 9.59 Å². The zero-order valence-corrected chi connectivity index (χ0v) is 21.1. The summed E-state index contributed by atoms with van der Waals surface area (Å²) >= 11 is 0. The average molecular weight is 484 g/mol. The zero-order chi connectivity index (χ0) is 25.6. The van der Waals surface area contributed by atoms with E-state index >= 15 is 0 Å². The minimum absolute atomic E-state index is 0.101. The quantitative estimate of drug-likeness (QED) is 0.372. The molecule has 0 unspecified atom stereocenters. The molecule has 7 heteroatoms. The van der Waals surface area contributed by atoms with Crippen LogP contribution in [0.15, 0.2) is 59.4 Å². The van der Waals surface area contributed by atoms with Crippen LogP contribution in [0.4, 0.5) is 5.69 Å². The Morgan fingerprint density at radius 1 is 1.00 bits per heavy atom. The van der Waals surface area contributed by atoms with Crippen LogP contribution in [0.3, 0.4) is 0 Å². The van der Waals surface area contributed by atoms with Crippen LogP contribution in [0, 0.1) is 27.7 Å². The average Bonchev–Trinajstić information content (AvgIpc) is 3.09. The molecule has 2 heterocycles. The van der Waals surface area contributed by atoms with Gasteiger partial charge in [0.1, 0.15) is 6.54 Å². The molecule has 7 nitrogen and oxygen atoms in total. The Bertz CT molecular complexity index is 1560. The van der Waals surface area contributed by atoms with Gasteiger partial charge in [-0.15, -0.1) is 0 Å². The molecule has 1 amide bonds. The molecule has 0 radical (unpaired) electrons. The highest BCUT2D eigenvalue weighted by molar-refractivity contribution is 5.91. The lowest BCUT2D eigenvalue weighted by molar-refractivity contribution is -0.117. The number of aromatic nitrogens is 2. The molecule has 5 rings (SSSR count). The highest BCUT2D eigenvalue weighted by atomic mass is 16.5. The van der Waals surface area contributed by atoms with Crippen molar-refractivity contribution in [3.8, 4) is 23.1 Å². The number of ether oxygens (including phenoxy) is 2. The van der Waals surface area contributed by atoms with Crippen molar-refractivity contribution in [1.82, 2.24) is 9.36 Å². The Morgan fingerprint density at radius 2 is 1.72 bits per heavy atom. The van der Waals surface area contributed by atoms with E-state index in [0.29, 0.717) is 35.1 Å². The molecule has 3 aromatic carbocycles. The Labute approximate surface area is 209 Å². The van der Waals surface area contributed by atoms with Crippen molar-refractivity contribution < 1.29 is 14.3 Å². The first-order chi connectivity index (χ1) is 17.3. The molecule has 0 atom stereocenters. The Morgan fingerprint density at radius 3 is 2.42 bits per heavy atom. The van der Waals surface area contributed by atoms with E-state index in [1.807, 2.05) is 82.3 Å². The Hall–Kier alpha value is -4.26. The van der Waals surface area contributed by atoms with E-state index < -0.39 is 0 Å². The van der Waals surface area contributed by atoms with Gasteiger partial charge in [0.05, 0.1) is 18.4 Å². The molecule has 0 spiro atoms. The SMILES string of the molecule is COc1cccc2c1Oc1c(c(=O)n(-c3ccc(C)cc3C)n1CC(=O)Nc1ccc(C)cc1C)C2. The number of fused-ring (bicyclic) bond motifs is 2. The monoisotopic (exact) mass is 483 g/mol. The first-order valence-corrected chi connectivity index (χ1v) is 11.9. The molecule has 0 saturated heterocycles. The summed E-state index contributed by atoms with van der Waals surface area (Å²) in [6.07, 6.45) is 0.386. The molecule has 0 saturated carbocycles. The second-order valence-corrected chi connectivity index (χ2v) is 9.34. The molecule has 36 heavy (non-hydrogen) atoms. The number of aryl methyl sites for hydroxylation is 4. The van der Waals surface area contributed by atoms with Gasteiger partial charge < -0.3 is 14.8 Å². The minimum atomic E-state index is -0.257. The van der Waals surface area contributed by atoms with Gasteiger partial charge in [-0.25, -0.2) is 9.36 Å². The van der Waals surface area contributed by atoms with Crippen LogP contribution in [-0.2, 0) is 17.8 Å². The summed E-state index contributed by atoms with van der Waals surface area (Å²) in [6, 6.07) is 17.4. The third kappa shape index (κ3) is 4.06. The number of hydrogen-bond acceptors (Lipinski definition) is 4. The van der Waals surface area contributed by atoms with Gasteiger partial charge in [0, 0.05) is 17.7 Å². The van der Waals surface area contributed by atoms with Crippen LogP contribution in [0.25, 0.3) is 5.69 Å². The van der Waals surface area contributed by atoms with Gasteiger partial charge in [0.25, 0.3) is 5.56 Å². The molecule has 184 valence electrons. The molecular weight excluding hydrogens is 454 g/mol. The first-order valence-electron chi connectivity index (χ1n) is 11.9. The van der Waals surface area contributed by atoms with Crippen molar-refractivity contribution in [1.29, 1.82) is 0 Å². The maximum absolute atomic E-state index is 13.8. The van der Waals surface area contributed by atoms with Crippen LogP contribution in [0.1, 0.15) is 33.4 Å². The predicted molar refractivity (Wildman–Crippen MR) is 140 cm³/mol. The molecule has 0 aliphatic carbocycles. The lowest BCUT2D eigenvalue weighted by Gasteiger charge is -2.21. The van der Waals surface area contributed by atoms with Crippen molar-refractivity contribution in [2.75, 3.05) is 12.4 Å². The molecule has 1 aromatic heterocycles. The summed E-state index contributed by atoms with van der Waals surface area (Å²) in [4.78, 5) is 27.0. The van der Waals surface area contributed by atoms with E-state index in [2.05, 4.69) is 5.32 Å². The number of amides is 1. The van der Waals surface area contributed by atoms with Gasteiger partial charge in [0.2, 0.25) is 11.8 Å². The second-order valence-electron chi connectivity index (χ2n) is 9.34. The van der Waals surface area contributed by atoms with E-state index in [1.54, 1.807) is 16.5 Å². The summed E-state index contributed by atoms with van der Waals surface area (Å²) in [5, 5.41) is 2.99. The van der Waals surface area contributed by atoms with Crippen molar-refractivity contribution in [2.24, 2.45) is 0 Å². The number of carbonyl (C=O) groups is 1. The molecule has 1 aliphatic heterocycles. The first kappa shape index (κ1) is 23.5. The molecule has 4 aromatic rings. The van der Waals surface area contributed by atoms with Gasteiger partial charge >= 0.3 is 0 Å². The summed E-state index contributed by atoms with van der Waals surface area (Å²) in [5.41, 5.74) is 6.72. The summed E-state index contributed by atoms with van der Waals surface area (Å²) in [5.74, 6) is 1.24. The van der Waals surface area contributed by atoms with Gasteiger partial charge in [0.15, 0.2) is 11.5 Å². The standard InChI is InChI=1S/C29H29N3O4/c1-17-9-11-23(19(3)13-17)30-26(33)16-31-29-22(15-21-7-6-8-25(35-5)27(21)36-29)28(34)32(31)24-12-10-18(2)14-20(24)4/h6-14H,15-16H2,1-5H3,(H,30,33). The van der Waals surface area contributed by atoms with E-state index in [1.165, 1.54) is 0 Å². The Kier molecular flexibility index (Phi) is 5.92. The molecule has 0 bridgehead atoms. The summed E-state index contributed by atoms with van der Waals surface area (Å²) in [6.45, 7) is 7.83. The highest BCUT2D eigenvalue weighted by Gasteiger charge is 2.31. The van der Waals surface area contributed by atoms with E-state index in [4.69, 9.17) is 9.47 Å². The smallest absolute Gasteiger partial charge is 0.278 e. The number of benzene rings is 3. The van der Waals surface area contributed by atoms with Crippen LogP contribution < -0.4 is 20.3 Å². The number of nitrogens with one attached hydrogen (secondary N) is 1. The van der Waals surface area contributed by atoms with E-state index in [9.17, 15) is 9.59 Å². The Balaban J connectivity index is 1.62. The van der Waals surface area contributed by atoms with Gasteiger partial charge in [-0.2, -0.15) is 0 Å². The van der Waals surface area contributed by atoms with Crippen molar-refractivity contribution in [3.05, 3.63) is 98.3 Å². The minimum Gasteiger partial charge on any atom is -0.493 e. The van der Waals surface area contributed by atoms with Crippen LogP contribution in [0.2, 0.25) is 0 Å². The fourth-order valence-corrected chi connectivity index (χ4v) is 4.81. The highest BCUT2D eigenvalue weighted by Crippen LogP contribution is 2.42. The number of anilines is 1. The number of carbonyl (C=O) groups excluding carboxylic acids is 1. The summed E-state index contributed by atoms with van der Waals surface area (Å²) in [7, 11) is 1.58. The number of hydrogen-bond donors (Lipinski definition) is 1. The maximum atomic E-state index is 13.8. The van der Waals surface area contributed by atoms with E-state index in [0.717, 1.165) is 33.5 Å². The number of rotatable bonds is 5. The normalized spacial score (nSPS) is 11.9. The van der Waals surface area contributed by atoms with Crippen molar-refractivity contribution in [3.63, 3.8) is 0 Å². The lowest BCUT2D eigenvalue weighted by atomic mass is 10.0. The fraction of sp³-hybridized carbons (Fsp3) is 0.241. The van der Waals surface area contributed by atoms with Crippen molar-refractivity contribution in [2.45, 2.75) is 40.7 Å². The lowest BCUT2D eigenvalue weighted by Crippen LogP contribution is -2.28. The molecule has 1 aliphatic rings. The molecule has 1 N–H and O–H groups in total. The van der Waals surface area contributed by atoms with E-state index in [-0.39, 0.29) is 18.0 Å². The largest absolute Gasteiger partial charge is 0.493 e. The number of methoxy groups -OCH3 is 1. The number of para-hydroxylation sites is 1. The number of nitrogens with zero attached hydrogens (tertiary/aromatic N) is 2. The van der Waals surface area contributed by atoms with Crippen LogP contribution in [-0.4, -0.2) is 22.4 Å². The molecular formula is C29H29N3O4. The molecule has 0 fully saturated rings. The maximum Gasteiger partial charge on any atom is 0.278 e.